The molecule has 0 spiro atoms. The summed E-state index contributed by atoms with van der Waals surface area (Å²) < 4.78 is 0. The summed E-state index contributed by atoms with van der Waals surface area (Å²) in [4.78, 5) is 2.28. The first-order valence-electron chi connectivity index (χ1n) is 8.57. The van der Waals surface area contributed by atoms with E-state index in [1.165, 1.54) is 22.5 Å². The molecule has 0 amide bonds. The number of rotatable bonds is 1. The summed E-state index contributed by atoms with van der Waals surface area (Å²) in [7, 11) is 0. The fraction of sp³-hybridized carbons (Fsp3) is 0.400. The minimum absolute atomic E-state index is 0.0702. The van der Waals surface area contributed by atoms with Crippen molar-refractivity contribution in [1.82, 2.24) is 0 Å². The molecule has 2 aromatic carbocycles. The molecule has 1 heterocycles. The molecule has 0 saturated heterocycles. The highest BCUT2D eigenvalue weighted by Gasteiger charge is 2.37. The van der Waals surface area contributed by atoms with Crippen molar-refractivity contribution in [2.45, 2.75) is 50.4 Å². The standard InChI is InChI=1S/C20H23NO2/c22-19-11-5-10-18(20(19)23)21-16-8-3-1-6-14(16)12-13-15-7-2-4-9-17(15)21/h1-4,6-9,18-20,22-23H,5,10-13H2/t18-,19-,20+/m0/s1. The van der Waals surface area contributed by atoms with Crippen LogP contribution >= 0.6 is 0 Å². The van der Waals surface area contributed by atoms with Crippen molar-refractivity contribution in [3.63, 3.8) is 0 Å². The van der Waals surface area contributed by atoms with Crippen LogP contribution < -0.4 is 4.90 Å². The average molecular weight is 309 g/mol. The fourth-order valence-corrected chi connectivity index (χ4v) is 4.09. The molecule has 2 aliphatic rings. The molecule has 3 atom stereocenters. The Bertz CT molecular complexity index is 652. The maximum absolute atomic E-state index is 10.6. The number of anilines is 2. The quantitative estimate of drug-likeness (QED) is 0.850. The van der Waals surface area contributed by atoms with E-state index >= 15 is 0 Å². The van der Waals surface area contributed by atoms with E-state index in [4.69, 9.17) is 0 Å². The van der Waals surface area contributed by atoms with E-state index in [0.29, 0.717) is 6.42 Å². The molecule has 0 radical (unpaired) electrons. The Labute approximate surface area is 137 Å². The zero-order valence-electron chi connectivity index (χ0n) is 13.2. The molecule has 0 bridgehead atoms. The molecule has 0 aromatic heterocycles. The van der Waals surface area contributed by atoms with Crippen LogP contribution in [0.3, 0.4) is 0 Å². The molecular formula is C20H23NO2. The lowest BCUT2D eigenvalue weighted by atomic mass is 9.88. The van der Waals surface area contributed by atoms with Crippen LogP contribution in [-0.4, -0.2) is 28.5 Å². The lowest BCUT2D eigenvalue weighted by Gasteiger charge is -2.41. The summed E-state index contributed by atoms with van der Waals surface area (Å²) in [6, 6.07) is 16.9. The van der Waals surface area contributed by atoms with Crippen LogP contribution in [0, 0.1) is 0 Å². The molecule has 1 saturated carbocycles. The molecular weight excluding hydrogens is 286 g/mol. The summed E-state index contributed by atoms with van der Waals surface area (Å²) in [5.41, 5.74) is 4.98. The van der Waals surface area contributed by atoms with Crippen molar-refractivity contribution in [3.05, 3.63) is 59.7 Å². The van der Waals surface area contributed by atoms with Gasteiger partial charge in [0.1, 0.15) is 6.10 Å². The SMILES string of the molecule is O[C@H]1[C@@H](O)CCC[C@@H]1N1c2ccccc2CCc2ccccc21. The summed E-state index contributed by atoms with van der Waals surface area (Å²) >= 11 is 0. The average Bonchev–Trinajstić information content (AvgIpc) is 2.75. The van der Waals surface area contributed by atoms with E-state index in [0.717, 1.165) is 25.7 Å². The first-order valence-corrected chi connectivity index (χ1v) is 8.57. The molecule has 23 heavy (non-hydrogen) atoms. The van der Waals surface area contributed by atoms with E-state index < -0.39 is 12.2 Å². The number of aryl methyl sites for hydroxylation is 2. The lowest BCUT2D eigenvalue weighted by Crippen LogP contribution is -2.50. The highest BCUT2D eigenvalue weighted by atomic mass is 16.3. The van der Waals surface area contributed by atoms with Crippen LogP contribution in [-0.2, 0) is 12.8 Å². The number of fused-ring (bicyclic) bond motifs is 2. The molecule has 3 nitrogen and oxygen atoms in total. The van der Waals surface area contributed by atoms with Crippen LogP contribution in [0.1, 0.15) is 30.4 Å². The van der Waals surface area contributed by atoms with E-state index in [2.05, 4.69) is 53.4 Å². The predicted octanol–water partition coefficient (Wildman–Crippen LogP) is 3.20. The van der Waals surface area contributed by atoms with Crippen LogP contribution in [0.4, 0.5) is 11.4 Å². The van der Waals surface area contributed by atoms with Gasteiger partial charge in [0.2, 0.25) is 0 Å². The zero-order chi connectivity index (χ0) is 15.8. The summed E-state index contributed by atoms with van der Waals surface area (Å²) in [5.74, 6) is 0. The number of aliphatic hydroxyl groups is 2. The van der Waals surface area contributed by atoms with Crippen LogP contribution in [0.15, 0.2) is 48.5 Å². The lowest BCUT2D eigenvalue weighted by molar-refractivity contribution is -0.0204. The molecule has 1 aliphatic carbocycles. The fourth-order valence-electron chi connectivity index (χ4n) is 4.09. The summed E-state index contributed by atoms with van der Waals surface area (Å²) in [6.07, 6.45) is 3.23. The highest BCUT2D eigenvalue weighted by molar-refractivity contribution is 5.72. The molecule has 1 fully saturated rings. The topological polar surface area (TPSA) is 43.7 Å². The Morgan fingerprint density at radius 3 is 1.96 bits per heavy atom. The van der Waals surface area contributed by atoms with Crippen molar-refractivity contribution in [3.8, 4) is 0 Å². The van der Waals surface area contributed by atoms with E-state index in [1.54, 1.807) is 0 Å². The highest BCUT2D eigenvalue weighted by Crippen LogP contribution is 2.40. The number of benzene rings is 2. The summed E-state index contributed by atoms with van der Waals surface area (Å²) in [5, 5.41) is 20.8. The molecule has 0 unspecified atom stereocenters. The minimum Gasteiger partial charge on any atom is -0.390 e. The van der Waals surface area contributed by atoms with Gasteiger partial charge in [0.05, 0.1) is 12.1 Å². The minimum atomic E-state index is -0.706. The van der Waals surface area contributed by atoms with E-state index in [9.17, 15) is 10.2 Å². The van der Waals surface area contributed by atoms with Crippen molar-refractivity contribution < 1.29 is 10.2 Å². The van der Waals surface area contributed by atoms with Crippen LogP contribution in [0.5, 0.6) is 0 Å². The van der Waals surface area contributed by atoms with Gasteiger partial charge in [-0.25, -0.2) is 0 Å². The monoisotopic (exact) mass is 309 g/mol. The van der Waals surface area contributed by atoms with Gasteiger partial charge in [0.15, 0.2) is 0 Å². The Kier molecular flexibility index (Phi) is 3.83. The molecule has 3 heteroatoms. The first-order chi connectivity index (χ1) is 11.3. The number of aliphatic hydroxyl groups excluding tert-OH is 2. The van der Waals surface area contributed by atoms with Gasteiger partial charge < -0.3 is 15.1 Å². The van der Waals surface area contributed by atoms with Gasteiger partial charge in [-0.2, -0.15) is 0 Å². The second-order valence-corrected chi connectivity index (χ2v) is 6.68. The maximum atomic E-state index is 10.6. The second-order valence-electron chi connectivity index (χ2n) is 6.68. The number of para-hydroxylation sites is 2. The van der Waals surface area contributed by atoms with Gasteiger partial charge in [0, 0.05) is 11.4 Å². The molecule has 4 rings (SSSR count). The normalized spacial score (nSPS) is 27.0. The van der Waals surface area contributed by atoms with Crippen molar-refractivity contribution >= 4 is 11.4 Å². The molecule has 1 aliphatic heterocycles. The third-order valence-electron chi connectivity index (χ3n) is 5.29. The van der Waals surface area contributed by atoms with Crippen LogP contribution in [0.25, 0.3) is 0 Å². The van der Waals surface area contributed by atoms with Gasteiger partial charge in [-0.1, -0.05) is 36.4 Å². The van der Waals surface area contributed by atoms with Gasteiger partial charge >= 0.3 is 0 Å². The summed E-state index contributed by atoms with van der Waals surface area (Å²) in [6.45, 7) is 0. The van der Waals surface area contributed by atoms with Gasteiger partial charge in [-0.15, -0.1) is 0 Å². The van der Waals surface area contributed by atoms with Gasteiger partial charge in [-0.05, 0) is 55.4 Å². The Hall–Kier alpha value is -1.84. The number of nitrogens with zero attached hydrogens (tertiary/aromatic N) is 1. The van der Waals surface area contributed by atoms with Gasteiger partial charge in [-0.3, -0.25) is 0 Å². The Morgan fingerprint density at radius 2 is 1.35 bits per heavy atom. The predicted molar refractivity (Wildman–Crippen MR) is 92.1 cm³/mol. The van der Waals surface area contributed by atoms with E-state index in [1.807, 2.05) is 0 Å². The van der Waals surface area contributed by atoms with Crippen molar-refractivity contribution in [1.29, 1.82) is 0 Å². The third kappa shape index (κ3) is 2.54. The Morgan fingerprint density at radius 1 is 0.783 bits per heavy atom. The van der Waals surface area contributed by atoms with Crippen molar-refractivity contribution in [2.75, 3.05) is 4.90 Å². The smallest absolute Gasteiger partial charge is 0.101 e. The Balaban J connectivity index is 1.86. The third-order valence-corrected chi connectivity index (χ3v) is 5.29. The van der Waals surface area contributed by atoms with Gasteiger partial charge in [0.25, 0.3) is 0 Å². The molecule has 2 N–H and O–H groups in total. The first kappa shape index (κ1) is 14.7. The van der Waals surface area contributed by atoms with Crippen LogP contribution in [0.2, 0.25) is 0 Å². The largest absolute Gasteiger partial charge is 0.390 e. The zero-order valence-corrected chi connectivity index (χ0v) is 13.2. The number of hydrogen-bond donors (Lipinski definition) is 2. The van der Waals surface area contributed by atoms with E-state index in [-0.39, 0.29) is 6.04 Å². The molecule has 120 valence electrons. The molecule has 2 aromatic rings. The van der Waals surface area contributed by atoms with Crippen molar-refractivity contribution in [2.24, 2.45) is 0 Å². The number of hydrogen-bond acceptors (Lipinski definition) is 3. The second kappa shape index (κ2) is 5.99. The maximum Gasteiger partial charge on any atom is 0.101 e.